The van der Waals surface area contributed by atoms with Gasteiger partial charge in [-0.1, -0.05) is 0 Å². The summed E-state index contributed by atoms with van der Waals surface area (Å²) in [6.07, 6.45) is 0. The van der Waals surface area contributed by atoms with Crippen LogP contribution in [0.25, 0.3) is 0 Å². The summed E-state index contributed by atoms with van der Waals surface area (Å²) in [7, 11) is -1.42. The van der Waals surface area contributed by atoms with Crippen LogP contribution in [0.5, 0.6) is 0 Å². The molecule has 0 amide bonds. The minimum atomic E-state index is -1.42. The van der Waals surface area contributed by atoms with Gasteiger partial charge in [-0.2, -0.15) is 0 Å². The molecule has 0 heterocycles. The maximum Gasteiger partial charge on any atom is 1.00 e. The Labute approximate surface area is 59.4 Å². The summed E-state index contributed by atoms with van der Waals surface area (Å²) in [5.41, 5.74) is 0. The second kappa shape index (κ2) is 37.7. The number of hydrogen-bond acceptors (Lipinski definition) is 3. The van der Waals surface area contributed by atoms with E-state index in [1.807, 2.05) is 0 Å². The van der Waals surface area contributed by atoms with Gasteiger partial charge in [0.05, 0.1) is 0 Å². The Balaban J connectivity index is -0.00000000667. The molecule has 0 saturated heterocycles. The quantitative estimate of drug-likeness (QED) is 0.242. The van der Waals surface area contributed by atoms with Crippen molar-refractivity contribution < 1.29 is 33.5 Å². The third kappa shape index (κ3) is 81.1. The van der Waals surface area contributed by atoms with E-state index in [0.29, 0.717) is 0 Å². The molecule has 0 unspecified atom stereocenters. The average molecular weight is 117 g/mol. The van der Waals surface area contributed by atoms with Gasteiger partial charge in [0.2, 0.25) is 0 Å². The number of hydrogen-bond donors (Lipinski definition) is 0. The van der Waals surface area contributed by atoms with Crippen molar-refractivity contribution in [2.24, 2.45) is 0 Å². The van der Waals surface area contributed by atoms with Crippen molar-refractivity contribution in [1.29, 1.82) is 0 Å². The summed E-state index contributed by atoms with van der Waals surface area (Å²) < 4.78 is 16.8. The summed E-state index contributed by atoms with van der Waals surface area (Å²) in [6.45, 7) is 0. The first kappa shape index (κ1) is 28.1. The fourth-order valence-electron chi connectivity index (χ4n) is 0. The predicted octanol–water partition coefficient (Wildman–Crippen LogP) is -3.73. The molecule has 0 aliphatic heterocycles. The zero-order valence-corrected chi connectivity index (χ0v) is 6.76. The monoisotopic (exact) mass is 117 g/mol. The summed E-state index contributed by atoms with van der Waals surface area (Å²) >= 11 is 0. The molecule has 1 N–H and O–H groups in total. The van der Waals surface area contributed by atoms with E-state index in [1.54, 1.807) is 0 Å². The Bertz CT molecular complexity index is 31.8. The van der Waals surface area contributed by atoms with Crippen LogP contribution < -0.4 is 18.9 Å². The van der Waals surface area contributed by atoms with Crippen molar-refractivity contribution in [3.05, 3.63) is 0 Å². The first-order chi connectivity index (χ1) is 1.41. The van der Waals surface area contributed by atoms with Gasteiger partial charge in [-0.15, -0.1) is 0 Å². The van der Waals surface area contributed by atoms with Crippen molar-refractivity contribution in [2.45, 2.75) is 0 Å². The molecule has 6 heavy (non-hydrogen) atoms. The Kier molecular flexibility index (Phi) is 176. The second-order valence-corrected chi connectivity index (χ2v) is 0.250. The van der Waals surface area contributed by atoms with Gasteiger partial charge in [0.25, 0.3) is 0 Å². The van der Waals surface area contributed by atoms with Crippen LogP contribution in [-0.4, -0.2) is 22.8 Å². The first-order valence-electron chi connectivity index (χ1n) is 0.408. The second-order valence-electron chi connectivity index (χ2n) is 0.0833. The third-order valence-corrected chi connectivity index (χ3v) is 0. The van der Waals surface area contributed by atoms with Crippen LogP contribution in [0.15, 0.2) is 0 Å². The molecule has 0 aromatic heterocycles. The average Bonchev–Trinajstić information content (AvgIpc) is 0.918. The normalized spacial score (nSPS) is 2.00. The maximum absolute atomic E-state index is 8.40. The first-order valence-corrected chi connectivity index (χ1v) is 1.22. The zero-order chi connectivity index (χ0) is 2.71. The molecule has 0 aliphatic rings. The van der Waals surface area contributed by atoms with Crippen LogP contribution in [0, 0.1) is 0 Å². The molecule has 0 aliphatic carbocycles. The van der Waals surface area contributed by atoms with Gasteiger partial charge < -0.3 is 5.48 Å². The van der Waals surface area contributed by atoms with Crippen molar-refractivity contribution in [2.75, 3.05) is 0 Å². The Hall–Kier alpha value is 0.990. The molecule has 31 valence electrons. The van der Waals surface area contributed by atoms with Crippen molar-refractivity contribution in [1.82, 2.24) is 0 Å². The van der Waals surface area contributed by atoms with E-state index in [4.69, 9.17) is 9.13 Å². The molecule has 0 aromatic carbocycles. The Morgan fingerprint density at radius 1 is 1.17 bits per heavy atom. The van der Waals surface area contributed by atoms with E-state index < -0.39 is 8.34 Å². The molecule has 0 spiro atoms. The maximum atomic E-state index is 8.40. The Morgan fingerprint density at radius 3 is 1.17 bits per heavy atom. The summed E-state index contributed by atoms with van der Waals surface area (Å²) in [4.78, 5) is 0. The van der Waals surface area contributed by atoms with E-state index in [9.17, 15) is 0 Å². The smallest absolute Gasteiger partial charge is 0.870 e. The van der Waals surface area contributed by atoms with Gasteiger partial charge in [0.15, 0.2) is 0 Å². The van der Waals surface area contributed by atoms with Crippen molar-refractivity contribution >= 4 is 25.7 Å². The van der Waals surface area contributed by atoms with Gasteiger partial charge in [0.1, 0.15) is 17.4 Å². The Morgan fingerprint density at radius 2 is 1.17 bits per heavy atom. The van der Waals surface area contributed by atoms with Gasteiger partial charge in [-0.05, 0) is 0 Å². The number of rotatable bonds is 0. The molecule has 6 heteroatoms. The van der Waals surface area contributed by atoms with E-state index >= 15 is 0 Å². The van der Waals surface area contributed by atoms with E-state index in [-0.39, 0.29) is 41.7 Å². The summed E-state index contributed by atoms with van der Waals surface area (Å²) in [5.74, 6) is 0. The van der Waals surface area contributed by atoms with E-state index in [1.165, 1.54) is 0 Å². The molecule has 0 bridgehead atoms. The summed E-state index contributed by atoms with van der Waals surface area (Å²) in [6, 6.07) is 0. The topological polar surface area (TPSA) is 64.1 Å². The predicted molar refractivity (Wildman–Crippen MR) is 20.2 cm³/mol. The van der Waals surface area contributed by atoms with Gasteiger partial charge in [-0.25, -0.2) is 9.13 Å². The van der Waals surface area contributed by atoms with E-state index in [0.717, 1.165) is 0 Å². The molecule has 0 saturated carbocycles. The largest absolute Gasteiger partial charge is 1.00 e. The van der Waals surface area contributed by atoms with Gasteiger partial charge >= 0.3 is 27.2 Å². The van der Waals surface area contributed by atoms with Crippen LogP contribution in [0.1, 0.15) is 0 Å². The fraction of sp³-hybridized carbons (Fsp3) is 0. The van der Waals surface area contributed by atoms with Crippen molar-refractivity contribution in [3.63, 3.8) is 0 Å². The van der Waals surface area contributed by atoms with Gasteiger partial charge in [-0.3, -0.25) is 0 Å². The molecule has 1 radical (unpaired) electrons. The van der Waals surface area contributed by atoms with E-state index in [2.05, 4.69) is 0 Å². The van der Waals surface area contributed by atoms with Crippen LogP contribution in [-0.2, 0) is 9.13 Å². The SMILES string of the molecule is O=[PH]=O.[AlH2].[Li+].[OH-]. The zero-order valence-electron chi connectivity index (χ0n) is 3.76. The molecule has 0 rings (SSSR count). The standard InChI is InChI=1S/Al.Li.HO2P.H2O.2H/c;;1-3-2;;;/h;;3H;1H2;;/q;+1;;;;/p-1. The minimum absolute atomic E-state index is 0. The molecular formula is H4AlLiO3P. The van der Waals surface area contributed by atoms with Crippen LogP contribution >= 0.6 is 8.34 Å². The molecule has 0 aromatic rings. The molecule has 3 nitrogen and oxygen atoms in total. The minimum Gasteiger partial charge on any atom is -0.870 e. The van der Waals surface area contributed by atoms with Crippen LogP contribution in [0.3, 0.4) is 0 Å². The van der Waals surface area contributed by atoms with Gasteiger partial charge in [0, 0.05) is 0 Å². The third-order valence-electron chi connectivity index (χ3n) is 0. The van der Waals surface area contributed by atoms with Crippen molar-refractivity contribution in [3.8, 4) is 0 Å². The molecule has 0 atom stereocenters. The summed E-state index contributed by atoms with van der Waals surface area (Å²) in [5, 5.41) is 0. The molecular weight excluding hydrogens is 113 g/mol. The van der Waals surface area contributed by atoms with Crippen LogP contribution in [0.4, 0.5) is 0 Å². The molecule has 0 fully saturated rings. The fourth-order valence-corrected chi connectivity index (χ4v) is 0. The van der Waals surface area contributed by atoms with Crippen LogP contribution in [0.2, 0.25) is 0 Å².